The van der Waals surface area contributed by atoms with Crippen LogP contribution in [0.4, 0.5) is 11.4 Å². The Labute approximate surface area is 124 Å². The van der Waals surface area contributed by atoms with Crippen molar-refractivity contribution in [3.63, 3.8) is 0 Å². The highest BCUT2D eigenvalue weighted by Crippen LogP contribution is 2.35. The van der Waals surface area contributed by atoms with Gasteiger partial charge in [0.15, 0.2) is 17.2 Å². The molecule has 0 aliphatic heterocycles. The molecule has 22 heavy (non-hydrogen) atoms. The maximum atomic E-state index is 12.0. The van der Waals surface area contributed by atoms with Gasteiger partial charge in [-0.15, -0.1) is 0 Å². The third-order valence-electron chi connectivity index (χ3n) is 2.90. The summed E-state index contributed by atoms with van der Waals surface area (Å²) < 4.78 is 4.95. The molecule has 0 spiro atoms. The van der Waals surface area contributed by atoms with E-state index in [1.165, 1.54) is 18.2 Å². The molecule has 8 heteroatoms. The number of phenols is 2. The van der Waals surface area contributed by atoms with Gasteiger partial charge in [-0.1, -0.05) is 6.07 Å². The molecule has 0 saturated heterocycles. The standard InChI is InChI=1S/C14H12N2O6/c15-8-3-1-2-7(11(8)17)14(21)22-9-5-4-6(13(19)20)12(18)10(9)16/h1-5,17-18H,15-16H2,(H,19,20). The van der Waals surface area contributed by atoms with Crippen molar-refractivity contribution < 1.29 is 29.6 Å². The average Bonchev–Trinajstić information content (AvgIpc) is 2.46. The number of esters is 1. The fraction of sp³-hybridized carbons (Fsp3) is 0. The van der Waals surface area contributed by atoms with Gasteiger partial charge in [-0.3, -0.25) is 0 Å². The molecule has 0 fully saturated rings. The molecule has 0 aliphatic rings. The number of benzene rings is 2. The molecule has 7 N–H and O–H groups in total. The molecule has 114 valence electrons. The molecule has 0 unspecified atom stereocenters. The molecule has 0 amide bonds. The second kappa shape index (κ2) is 5.52. The lowest BCUT2D eigenvalue weighted by Gasteiger charge is -2.11. The van der Waals surface area contributed by atoms with Crippen molar-refractivity contribution in [2.24, 2.45) is 0 Å². The Balaban J connectivity index is 2.35. The zero-order valence-corrected chi connectivity index (χ0v) is 11.1. The first-order valence-corrected chi connectivity index (χ1v) is 5.97. The molecule has 0 bridgehead atoms. The summed E-state index contributed by atoms with van der Waals surface area (Å²) in [5.41, 5.74) is 9.98. The second-order valence-electron chi connectivity index (χ2n) is 4.31. The molecule has 0 aliphatic carbocycles. The number of nitrogen functional groups attached to an aromatic ring is 2. The number of aromatic carboxylic acids is 1. The minimum absolute atomic E-state index is 0.00788. The van der Waals surface area contributed by atoms with Crippen molar-refractivity contribution >= 4 is 23.3 Å². The summed E-state index contributed by atoms with van der Waals surface area (Å²) in [5.74, 6) is -3.74. The average molecular weight is 304 g/mol. The van der Waals surface area contributed by atoms with Gasteiger partial charge in [0.1, 0.15) is 16.8 Å². The lowest BCUT2D eigenvalue weighted by molar-refractivity contribution is 0.0693. The lowest BCUT2D eigenvalue weighted by Crippen LogP contribution is -2.11. The molecule has 2 aromatic rings. The van der Waals surface area contributed by atoms with Crippen molar-refractivity contribution in [3.05, 3.63) is 41.5 Å². The zero-order chi connectivity index (χ0) is 16.4. The van der Waals surface area contributed by atoms with Crippen LogP contribution in [0.15, 0.2) is 30.3 Å². The van der Waals surface area contributed by atoms with E-state index in [0.29, 0.717) is 0 Å². The van der Waals surface area contributed by atoms with E-state index in [1.807, 2.05) is 0 Å². The van der Waals surface area contributed by atoms with E-state index in [4.69, 9.17) is 21.3 Å². The maximum absolute atomic E-state index is 12.0. The molecule has 0 atom stereocenters. The number of ether oxygens (including phenoxy) is 1. The summed E-state index contributed by atoms with van der Waals surface area (Å²) in [6.45, 7) is 0. The lowest BCUT2D eigenvalue weighted by atomic mass is 10.1. The van der Waals surface area contributed by atoms with Gasteiger partial charge in [-0.2, -0.15) is 0 Å². The SMILES string of the molecule is Nc1cccc(C(=O)Oc2ccc(C(=O)O)c(O)c2N)c1O. The number of carbonyl (C=O) groups excluding carboxylic acids is 1. The van der Waals surface area contributed by atoms with Crippen LogP contribution in [0.2, 0.25) is 0 Å². The van der Waals surface area contributed by atoms with E-state index >= 15 is 0 Å². The molecular weight excluding hydrogens is 292 g/mol. The first kappa shape index (κ1) is 15.0. The monoisotopic (exact) mass is 304 g/mol. The Morgan fingerprint density at radius 3 is 2.27 bits per heavy atom. The van der Waals surface area contributed by atoms with Crippen LogP contribution < -0.4 is 16.2 Å². The summed E-state index contributed by atoms with van der Waals surface area (Å²) >= 11 is 0. The van der Waals surface area contributed by atoms with Crippen LogP contribution in [-0.4, -0.2) is 27.3 Å². The maximum Gasteiger partial charge on any atom is 0.347 e. The fourth-order valence-corrected chi connectivity index (χ4v) is 1.73. The highest BCUT2D eigenvalue weighted by molar-refractivity contribution is 5.98. The van der Waals surface area contributed by atoms with Crippen LogP contribution >= 0.6 is 0 Å². The van der Waals surface area contributed by atoms with Gasteiger partial charge in [-0.25, -0.2) is 9.59 Å². The number of hydrogen-bond acceptors (Lipinski definition) is 7. The summed E-state index contributed by atoms with van der Waals surface area (Å²) in [7, 11) is 0. The smallest absolute Gasteiger partial charge is 0.347 e. The van der Waals surface area contributed by atoms with Gasteiger partial charge in [0.2, 0.25) is 0 Å². The topological polar surface area (TPSA) is 156 Å². The highest BCUT2D eigenvalue weighted by Gasteiger charge is 2.20. The summed E-state index contributed by atoms with van der Waals surface area (Å²) in [6.07, 6.45) is 0. The first-order chi connectivity index (χ1) is 10.3. The van der Waals surface area contributed by atoms with Crippen molar-refractivity contribution in [3.8, 4) is 17.2 Å². The number of nitrogens with two attached hydrogens (primary N) is 2. The Bertz CT molecular complexity index is 772. The van der Waals surface area contributed by atoms with E-state index in [1.54, 1.807) is 0 Å². The number of phenolic OH excluding ortho intramolecular Hbond substituents is 1. The molecule has 2 rings (SSSR count). The number of rotatable bonds is 3. The number of anilines is 2. The molecule has 0 radical (unpaired) electrons. The van der Waals surface area contributed by atoms with Crippen LogP contribution in [-0.2, 0) is 0 Å². The number of para-hydroxylation sites is 1. The number of carboxylic acids is 1. The summed E-state index contributed by atoms with van der Waals surface area (Å²) in [5, 5.41) is 28.2. The van der Waals surface area contributed by atoms with Crippen molar-refractivity contribution in [1.82, 2.24) is 0 Å². The molecule has 0 saturated carbocycles. The molecular formula is C14H12N2O6. The van der Waals surface area contributed by atoms with E-state index in [9.17, 15) is 19.8 Å². The predicted molar refractivity (Wildman–Crippen MR) is 77.0 cm³/mol. The Morgan fingerprint density at radius 1 is 0.955 bits per heavy atom. The predicted octanol–water partition coefficient (Wildman–Crippen LogP) is 1.18. The highest BCUT2D eigenvalue weighted by atomic mass is 16.5. The second-order valence-corrected chi connectivity index (χ2v) is 4.31. The van der Waals surface area contributed by atoms with Crippen molar-refractivity contribution in [2.75, 3.05) is 11.5 Å². The van der Waals surface area contributed by atoms with Gasteiger partial charge < -0.3 is 31.5 Å². The molecule has 0 heterocycles. The first-order valence-electron chi connectivity index (χ1n) is 5.97. The van der Waals surface area contributed by atoms with Gasteiger partial charge in [-0.05, 0) is 24.3 Å². The quantitative estimate of drug-likeness (QED) is 0.245. The van der Waals surface area contributed by atoms with Gasteiger partial charge in [0.25, 0.3) is 0 Å². The normalized spacial score (nSPS) is 10.2. The van der Waals surface area contributed by atoms with Crippen LogP contribution in [0.3, 0.4) is 0 Å². The van der Waals surface area contributed by atoms with Crippen LogP contribution in [0.1, 0.15) is 20.7 Å². The van der Waals surface area contributed by atoms with Gasteiger partial charge in [0.05, 0.1) is 5.69 Å². The fourth-order valence-electron chi connectivity index (χ4n) is 1.73. The molecule has 2 aromatic carbocycles. The van der Waals surface area contributed by atoms with Crippen LogP contribution in [0.25, 0.3) is 0 Å². The number of carbonyl (C=O) groups is 2. The number of hydrogen-bond donors (Lipinski definition) is 5. The largest absolute Gasteiger partial charge is 0.505 e. The Kier molecular flexibility index (Phi) is 3.76. The third kappa shape index (κ3) is 2.57. The molecule has 0 aromatic heterocycles. The van der Waals surface area contributed by atoms with Gasteiger partial charge in [0, 0.05) is 0 Å². The van der Waals surface area contributed by atoms with E-state index in [-0.39, 0.29) is 17.0 Å². The van der Waals surface area contributed by atoms with Crippen LogP contribution in [0.5, 0.6) is 17.2 Å². The van der Waals surface area contributed by atoms with E-state index in [0.717, 1.165) is 12.1 Å². The number of aromatic hydroxyl groups is 2. The van der Waals surface area contributed by atoms with Crippen LogP contribution in [0, 0.1) is 0 Å². The summed E-state index contributed by atoms with van der Waals surface area (Å²) in [6, 6.07) is 6.29. The molecule has 8 nitrogen and oxygen atoms in total. The van der Waals surface area contributed by atoms with Crippen molar-refractivity contribution in [2.45, 2.75) is 0 Å². The minimum atomic E-state index is -1.38. The third-order valence-corrected chi connectivity index (χ3v) is 2.90. The number of carboxylic acid groups (broad SMARTS) is 1. The minimum Gasteiger partial charge on any atom is -0.505 e. The Hall–Kier alpha value is -3.42. The zero-order valence-electron chi connectivity index (χ0n) is 11.1. The van der Waals surface area contributed by atoms with Crippen molar-refractivity contribution in [1.29, 1.82) is 0 Å². The van der Waals surface area contributed by atoms with Gasteiger partial charge >= 0.3 is 11.9 Å². The van der Waals surface area contributed by atoms with E-state index < -0.39 is 34.7 Å². The Morgan fingerprint density at radius 2 is 1.64 bits per heavy atom. The van der Waals surface area contributed by atoms with E-state index in [2.05, 4.69) is 0 Å². The summed E-state index contributed by atoms with van der Waals surface area (Å²) in [4.78, 5) is 22.8.